The second kappa shape index (κ2) is 6.27. The van der Waals surface area contributed by atoms with Crippen molar-refractivity contribution in [1.29, 1.82) is 0 Å². The molecule has 1 unspecified atom stereocenters. The molecule has 0 saturated carbocycles. The summed E-state index contributed by atoms with van der Waals surface area (Å²) in [5.41, 5.74) is -2.21. The Hall–Kier alpha value is -2.62. The molecular formula is C16H18N2O7S. The number of nitro benzene ring substituents is 1. The lowest BCUT2D eigenvalue weighted by Gasteiger charge is -2.38. The number of carbonyl (C=O) groups excluding carboxylic acids is 3. The van der Waals surface area contributed by atoms with E-state index in [2.05, 4.69) is 0 Å². The summed E-state index contributed by atoms with van der Waals surface area (Å²) in [6.07, 6.45) is 0.874. The summed E-state index contributed by atoms with van der Waals surface area (Å²) in [4.78, 5) is 49.1. The molecule has 9 nitrogen and oxygen atoms in total. The number of sulfone groups is 1. The van der Waals surface area contributed by atoms with Crippen molar-refractivity contribution in [2.24, 2.45) is 11.3 Å². The van der Waals surface area contributed by atoms with Gasteiger partial charge in [0.2, 0.25) is 5.91 Å². The summed E-state index contributed by atoms with van der Waals surface area (Å²) in [5, 5.41) is 11.3. The van der Waals surface area contributed by atoms with Crippen LogP contribution in [-0.4, -0.2) is 55.6 Å². The molecule has 0 bridgehead atoms. The number of carbonyl (C=O) groups is 3. The molecule has 2 rings (SSSR count). The Bertz CT molecular complexity index is 934. The molecule has 1 atom stereocenters. The fourth-order valence-electron chi connectivity index (χ4n) is 2.96. The van der Waals surface area contributed by atoms with Crippen molar-refractivity contribution in [3.63, 3.8) is 0 Å². The lowest BCUT2D eigenvalue weighted by molar-refractivity contribution is -0.385. The van der Waals surface area contributed by atoms with Crippen LogP contribution in [0.2, 0.25) is 0 Å². The molecule has 0 aliphatic carbocycles. The van der Waals surface area contributed by atoms with Gasteiger partial charge >= 0.3 is 0 Å². The number of hydrogen-bond acceptors (Lipinski definition) is 7. The fraction of sp³-hybridized carbons (Fsp3) is 0.438. The van der Waals surface area contributed by atoms with Gasteiger partial charge in [-0.25, -0.2) is 8.42 Å². The molecule has 0 radical (unpaired) electrons. The van der Waals surface area contributed by atoms with Crippen molar-refractivity contribution in [2.45, 2.75) is 18.7 Å². The zero-order valence-corrected chi connectivity index (χ0v) is 15.5. The number of benzene rings is 1. The normalized spacial score (nSPS) is 20.2. The minimum absolute atomic E-state index is 0.129. The van der Waals surface area contributed by atoms with E-state index in [1.54, 1.807) is 13.8 Å². The van der Waals surface area contributed by atoms with E-state index in [1.165, 1.54) is 11.9 Å². The van der Waals surface area contributed by atoms with Gasteiger partial charge in [-0.3, -0.25) is 24.5 Å². The summed E-state index contributed by atoms with van der Waals surface area (Å²) < 4.78 is 23.2. The maximum Gasteiger partial charge on any atom is 0.281 e. The first-order valence-corrected chi connectivity index (χ1v) is 9.48. The Morgan fingerprint density at radius 2 is 1.88 bits per heavy atom. The monoisotopic (exact) mass is 382 g/mol. The Labute approximate surface area is 150 Å². The highest BCUT2D eigenvalue weighted by Gasteiger charge is 2.49. The molecule has 1 aromatic rings. The molecule has 1 aliphatic rings. The van der Waals surface area contributed by atoms with Crippen molar-refractivity contribution in [3.8, 4) is 0 Å². The van der Waals surface area contributed by atoms with E-state index >= 15 is 0 Å². The number of nitro groups is 1. The highest BCUT2D eigenvalue weighted by molar-refractivity contribution is 7.90. The second-order valence-corrected chi connectivity index (χ2v) is 8.96. The standard InChI is InChI=1S/C16H18N2O7S/c1-16(2)8-17(3)15(21)12(14(16)20)13(19)10-6-5-9(26(4,24)25)7-11(10)18(22)23/h5-7,12H,8H2,1-4H3. The summed E-state index contributed by atoms with van der Waals surface area (Å²) >= 11 is 0. The van der Waals surface area contributed by atoms with Gasteiger partial charge < -0.3 is 4.90 Å². The summed E-state index contributed by atoms with van der Waals surface area (Å²) in [6, 6.07) is 2.77. The van der Waals surface area contributed by atoms with Crippen LogP contribution in [0.1, 0.15) is 24.2 Å². The predicted molar refractivity (Wildman–Crippen MR) is 90.5 cm³/mol. The number of nitrogens with zero attached hydrogens (tertiary/aromatic N) is 2. The van der Waals surface area contributed by atoms with Gasteiger partial charge in [-0.1, -0.05) is 13.8 Å². The Morgan fingerprint density at radius 3 is 2.38 bits per heavy atom. The number of likely N-dealkylation sites (tertiary alicyclic amines) is 1. The summed E-state index contributed by atoms with van der Waals surface area (Å²) in [5.74, 6) is -4.05. The molecule has 0 N–H and O–H groups in total. The van der Waals surface area contributed by atoms with Crippen molar-refractivity contribution < 1.29 is 27.7 Å². The number of hydrogen-bond donors (Lipinski definition) is 0. The molecule has 0 spiro atoms. The van der Waals surface area contributed by atoms with Crippen molar-refractivity contribution in [1.82, 2.24) is 4.90 Å². The van der Waals surface area contributed by atoms with Crippen molar-refractivity contribution in [3.05, 3.63) is 33.9 Å². The van der Waals surface area contributed by atoms with Gasteiger partial charge in [0.25, 0.3) is 5.69 Å². The Kier molecular flexibility index (Phi) is 4.75. The second-order valence-electron chi connectivity index (χ2n) is 6.95. The van der Waals surface area contributed by atoms with Crippen LogP contribution in [-0.2, 0) is 19.4 Å². The van der Waals surface area contributed by atoms with Crippen LogP contribution in [0.4, 0.5) is 5.69 Å². The smallest absolute Gasteiger partial charge is 0.281 e. The minimum Gasteiger partial charge on any atom is -0.344 e. The number of amides is 1. The molecular weight excluding hydrogens is 364 g/mol. The lowest BCUT2D eigenvalue weighted by Crippen LogP contribution is -2.55. The Balaban J connectivity index is 2.60. The predicted octanol–water partition coefficient (Wildman–Crippen LogP) is 0.864. The SMILES string of the molecule is CN1CC(C)(C)C(=O)C(C(=O)c2ccc(S(C)(=O)=O)cc2[N+](=O)[O-])C1=O. The van der Waals surface area contributed by atoms with E-state index in [1.807, 2.05) is 0 Å². The number of ketones is 2. The van der Waals surface area contributed by atoms with Gasteiger partial charge in [0, 0.05) is 31.3 Å². The van der Waals surface area contributed by atoms with Gasteiger partial charge in [-0.2, -0.15) is 0 Å². The first kappa shape index (κ1) is 19.7. The molecule has 1 saturated heterocycles. The fourth-order valence-corrected chi connectivity index (χ4v) is 3.60. The van der Waals surface area contributed by atoms with Crippen LogP contribution < -0.4 is 0 Å². The van der Waals surface area contributed by atoms with Crippen molar-refractivity contribution in [2.75, 3.05) is 19.8 Å². The molecule has 1 fully saturated rings. The minimum atomic E-state index is -3.73. The van der Waals surface area contributed by atoms with E-state index in [4.69, 9.17) is 0 Å². The number of Topliss-reactive ketones (excluding diaryl/α,β-unsaturated/α-hetero) is 2. The lowest BCUT2D eigenvalue weighted by atomic mass is 9.74. The molecule has 0 aromatic heterocycles. The van der Waals surface area contributed by atoms with Crippen LogP contribution in [0, 0.1) is 21.4 Å². The van der Waals surface area contributed by atoms with Gasteiger partial charge in [0.1, 0.15) is 0 Å². The molecule has 1 heterocycles. The summed E-state index contributed by atoms with van der Waals surface area (Å²) in [6.45, 7) is 3.29. The average molecular weight is 382 g/mol. The maximum absolute atomic E-state index is 12.8. The zero-order valence-electron chi connectivity index (χ0n) is 14.7. The van der Waals surface area contributed by atoms with Crippen LogP contribution in [0.25, 0.3) is 0 Å². The highest BCUT2D eigenvalue weighted by Crippen LogP contribution is 2.33. The van der Waals surface area contributed by atoms with Crippen LogP contribution in [0.3, 0.4) is 0 Å². The molecule has 10 heteroatoms. The quantitative estimate of drug-likeness (QED) is 0.326. The number of rotatable bonds is 4. The Morgan fingerprint density at radius 1 is 1.31 bits per heavy atom. The molecule has 140 valence electrons. The maximum atomic E-state index is 12.8. The van der Waals surface area contributed by atoms with Crippen LogP contribution in [0.15, 0.2) is 23.1 Å². The molecule has 1 aromatic carbocycles. The molecule has 1 amide bonds. The largest absolute Gasteiger partial charge is 0.344 e. The molecule has 26 heavy (non-hydrogen) atoms. The van der Waals surface area contributed by atoms with Gasteiger partial charge in [-0.15, -0.1) is 0 Å². The zero-order chi connectivity index (χ0) is 20.0. The first-order valence-electron chi connectivity index (χ1n) is 7.59. The third kappa shape index (κ3) is 3.36. The third-order valence-corrected chi connectivity index (χ3v) is 5.42. The van der Waals surface area contributed by atoms with Gasteiger partial charge in [0.05, 0.1) is 15.4 Å². The molecule has 1 aliphatic heterocycles. The van der Waals surface area contributed by atoms with E-state index in [0.29, 0.717) is 0 Å². The van der Waals surface area contributed by atoms with Gasteiger partial charge in [-0.05, 0) is 12.1 Å². The summed E-state index contributed by atoms with van der Waals surface area (Å²) in [7, 11) is -2.29. The van der Waals surface area contributed by atoms with Crippen LogP contribution in [0.5, 0.6) is 0 Å². The van der Waals surface area contributed by atoms with E-state index in [-0.39, 0.29) is 11.4 Å². The van der Waals surface area contributed by atoms with Gasteiger partial charge in [0.15, 0.2) is 27.3 Å². The number of piperidine rings is 1. The first-order chi connectivity index (χ1) is 11.8. The third-order valence-electron chi connectivity index (χ3n) is 4.31. The van der Waals surface area contributed by atoms with Crippen molar-refractivity contribution >= 4 is 33.0 Å². The highest BCUT2D eigenvalue weighted by atomic mass is 32.2. The van der Waals surface area contributed by atoms with E-state index < -0.39 is 54.8 Å². The topological polar surface area (TPSA) is 132 Å². The van der Waals surface area contributed by atoms with Crippen LogP contribution >= 0.6 is 0 Å². The van der Waals surface area contributed by atoms with E-state index in [9.17, 15) is 32.9 Å². The average Bonchev–Trinajstić information content (AvgIpc) is 2.51. The van der Waals surface area contributed by atoms with E-state index in [0.717, 1.165) is 24.5 Å².